The van der Waals surface area contributed by atoms with Crippen LogP contribution in [0.15, 0.2) is 58.5 Å². The van der Waals surface area contributed by atoms with Crippen LogP contribution in [0.25, 0.3) is 0 Å². The highest BCUT2D eigenvalue weighted by atomic mass is 32.2. The Labute approximate surface area is 141 Å². The zero-order valence-electron chi connectivity index (χ0n) is 13.6. The standard InChI is InChI=1S/C17H18N2O4S/c1-12-7-9-14(10-8-12)24(21,22)15(17(20)23-3)11-18-16-6-4-5-13(2)19-16/h4-11H,1-3H3,(H,18,19)/b15-11+. The molecule has 0 saturated heterocycles. The molecule has 0 fully saturated rings. The van der Waals surface area contributed by atoms with Crippen molar-refractivity contribution in [2.75, 3.05) is 12.4 Å². The number of hydrogen-bond acceptors (Lipinski definition) is 6. The number of methoxy groups -OCH3 is 1. The summed E-state index contributed by atoms with van der Waals surface area (Å²) in [5, 5.41) is 2.73. The molecule has 1 heterocycles. The fraction of sp³-hybridized carbons (Fsp3) is 0.176. The molecule has 0 unspecified atom stereocenters. The Balaban J connectivity index is 2.42. The molecule has 0 aliphatic carbocycles. The smallest absolute Gasteiger partial charge is 0.351 e. The lowest BCUT2D eigenvalue weighted by Gasteiger charge is -2.09. The van der Waals surface area contributed by atoms with E-state index in [9.17, 15) is 13.2 Å². The molecule has 7 heteroatoms. The number of esters is 1. The average molecular weight is 346 g/mol. The van der Waals surface area contributed by atoms with E-state index in [-0.39, 0.29) is 4.90 Å². The second-order valence-corrected chi connectivity index (χ2v) is 7.04. The second kappa shape index (κ2) is 7.27. The van der Waals surface area contributed by atoms with Crippen molar-refractivity contribution in [2.24, 2.45) is 0 Å². The highest BCUT2D eigenvalue weighted by Crippen LogP contribution is 2.21. The number of anilines is 1. The third kappa shape index (κ3) is 3.99. The van der Waals surface area contributed by atoms with Gasteiger partial charge in [-0.3, -0.25) is 0 Å². The first-order valence-electron chi connectivity index (χ1n) is 7.15. The maximum Gasteiger partial charge on any atom is 0.351 e. The first-order chi connectivity index (χ1) is 11.3. The van der Waals surface area contributed by atoms with Gasteiger partial charge in [-0.1, -0.05) is 23.8 Å². The van der Waals surface area contributed by atoms with Crippen LogP contribution >= 0.6 is 0 Å². The van der Waals surface area contributed by atoms with Crippen LogP contribution in [0.2, 0.25) is 0 Å². The normalized spacial score (nSPS) is 11.9. The zero-order valence-corrected chi connectivity index (χ0v) is 14.4. The van der Waals surface area contributed by atoms with Crippen molar-refractivity contribution in [1.29, 1.82) is 0 Å². The summed E-state index contributed by atoms with van der Waals surface area (Å²) in [7, 11) is -2.88. The van der Waals surface area contributed by atoms with E-state index in [2.05, 4.69) is 15.0 Å². The third-order valence-electron chi connectivity index (χ3n) is 3.25. The Morgan fingerprint density at radius 2 is 1.79 bits per heavy atom. The summed E-state index contributed by atoms with van der Waals surface area (Å²) in [6.45, 7) is 3.65. The van der Waals surface area contributed by atoms with E-state index in [1.807, 2.05) is 6.92 Å². The molecule has 24 heavy (non-hydrogen) atoms. The summed E-state index contributed by atoms with van der Waals surface area (Å²) in [4.78, 5) is 15.7. The van der Waals surface area contributed by atoms with E-state index in [0.717, 1.165) is 24.6 Å². The van der Waals surface area contributed by atoms with Gasteiger partial charge in [-0.2, -0.15) is 0 Å². The lowest BCUT2D eigenvalue weighted by atomic mass is 10.2. The summed E-state index contributed by atoms with van der Waals surface area (Å²) in [6.07, 6.45) is 1.10. The topological polar surface area (TPSA) is 85.4 Å². The minimum absolute atomic E-state index is 0.0174. The van der Waals surface area contributed by atoms with Crippen LogP contribution in [0.1, 0.15) is 11.3 Å². The third-order valence-corrected chi connectivity index (χ3v) is 5.00. The number of pyridine rings is 1. The minimum atomic E-state index is -4.01. The zero-order chi connectivity index (χ0) is 17.7. The Hall–Kier alpha value is -2.67. The molecular formula is C17H18N2O4S. The molecule has 0 aliphatic rings. The van der Waals surface area contributed by atoms with Crippen LogP contribution in [0.3, 0.4) is 0 Å². The summed E-state index contributed by atoms with van der Waals surface area (Å²) >= 11 is 0. The van der Waals surface area contributed by atoms with Gasteiger partial charge in [0, 0.05) is 11.9 Å². The van der Waals surface area contributed by atoms with Crippen molar-refractivity contribution >= 4 is 21.6 Å². The summed E-state index contributed by atoms with van der Waals surface area (Å²) in [6, 6.07) is 11.5. The van der Waals surface area contributed by atoms with Gasteiger partial charge in [-0.05, 0) is 38.1 Å². The SMILES string of the molecule is COC(=O)/C(=C\Nc1cccc(C)n1)S(=O)(=O)c1ccc(C)cc1. The highest BCUT2D eigenvalue weighted by Gasteiger charge is 2.28. The Morgan fingerprint density at radius 1 is 1.12 bits per heavy atom. The molecule has 0 saturated carbocycles. The number of aryl methyl sites for hydroxylation is 2. The fourth-order valence-electron chi connectivity index (χ4n) is 1.95. The summed E-state index contributed by atoms with van der Waals surface area (Å²) in [5.74, 6) is -0.522. The number of benzene rings is 1. The van der Waals surface area contributed by atoms with Gasteiger partial charge in [0.2, 0.25) is 9.84 Å². The predicted molar refractivity (Wildman–Crippen MR) is 91.1 cm³/mol. The van der Waals surface area contributed by atoms with E-state index in [1.54, 1.807) is 37.3 Å². The first kappa shape index (κ1) is 17.7. The number of hydrogen-bond donors (Lipinski definition) is 1. The Morgan fingerprint density at radius 3 is 2.38 bits per heavy atom. The molecule has 2 rings (SSSR count). The van der Waals surface area contributed by atoms with Gasteiger partial charge in [0.1, 0.15) is 5.82 Å². The Kier molecular flexibility index (Phi) is 5.35. The molecule has 0 radical (unpaired) electrons. The molecule has 0 bridgehead atoms. The van der Waals surface area contributed by atoms with Crippen LogP contribution in [0, 0.1) is 13.8 Å². The monoisotopic (exact) mass is 346 g/mol. The number of carbonyl (C=O) groups excluding carboxylic acids is 1. The van der Waals surface area contributed by atoms with Crippen LogP contribution < -0.4 is 5.32 Å². The van der Waals surface area contributed by atoms with Gasteiger partial charge < -0.3 is 10.1 Å². The highest BCUT2D eigenvalue weighted by molar-refractivity contribution is 7.96. The molecule has 0 amide bonds. The number of aromatic nitrogens is 1. The van der Waals surface area contributed by atoms with Crippen LogP contribution in [0.4, 0.5) is 5.82 Å². The van der Waals surface area contributed by atoms with E-state index in [0.29, 0.717) is 5.82 Å². The maximum atomic E-state index is 12.7. The van der Waals surface area contributed by atoms with Crippen LogP contribution in [-0.2, 0) is 19.4 Å². The fourth-order valence-corrected chi connectivity index (χ4v) is 3.22. The number of sulfone groups is 1. The van der Waals surface area contributed by atoms with Crippen molar-refractivity contribution in [2.45, 2.75) is 18.7 Å². The number of nitrogens with zero attached hydrogens (tertiary/aromatic N) is 1. The number of rotatable bonds is 5. The van der Waals surface area contributed by atoms with Crippen molar-refractivity contribution < 1.29 is 17.9 Å². The van der Waals surface area contributed by atoms with Crippen LogP contribution in [0.5, 0.6) is 0 Å². The van der Waals surface area contributed by atoms with Crippen molar-refractivity contribution in [3.8, 4) is 0 Å². The number of ether oxygens (including phenoxy) is 1. The maximum absolute atomic E-state index is 12.7. The number of nitrogens with one attached hydrogen (secondary N) is 1. The molecule has 6 nitrogen and oxygen atoms in total. The van der Waals surface area contributed by atoms with Gasteiger partial charge in [-0.25, -0.2) is 18.2 Å². The van der Waals surface area contributed by atoms with Gasteiger partial charge in [0.15, 0.2) is 4.91 Å². The van der Waals surface area contributed by atoms with Crippen molar-refractivity contribution in [3.63, 3.8) is 0 Å². The van der Waals surface area contributed by atoms with Gasteiger partial charge in [-0.15, -0.1) is 0 Å². The van der Waals surface area contributed by atoms with E-state index < -0.39 is 20.7 Å². The summed E-state index contributed by atoms with van der Waals surface area (Å²) < 4.78 is 30.0. The molecule has 1 N–H and O–H groups in total. The molecule has 0 aliphatic heterocycles. The lowest BCUT2D eigenvalue weighted by Crippen LogP contribution is -2.17. The van der Waals surface area contributed by atoms with E-state index in [1.165, 1.54) is 12.1 Å². The van der Waals surface area contributed by atoms with E-state index >= 15 is 0 Å². The average Bonchev–Trinajstić information content (AvgIpc) is 2.55. The molecule has 126 valence electrons. The summed E-state index contributed by atoms with van der Waals surface area (Å²) in [5.41, 5.74) is 1.68. The molecule has 1 aromatic carbocycles. The molecule has 0 atom stereocenters. The predicted octanol–water partition coefficient (Wildman–Crippen LogP) is 2.60. The van der Waals surface area contributed by atoms with Gasteiger partial charge in [0.25, 0.3) is 0 Å². The largest absolute Gasteiger partial charge is 0.465 e. The lowest BCUT2D eigenvalue weighted by molar-refractivity contribution is -0.135. The van der Waals surface area contributed by atoms with Crippen molar-refractivity contribution in [1.82, 2.24) is 4.98 Å². The van der Waals surface area contributed by atoms with Crippen molar-refractivity contribution in [3.05, 3.63) is 64.8 Å². The Bertz CT molecular complexity index is 872. The quantitative estimate of drug-likeness (QED) is 0.662. The van der Waals surface area contributed by atoms with Gasteiger partial charge in [0.05, 0.1) is 12.0 Å². The van der Waals surface area contributed by atoms with E-state index in [4.69, 9.17) is 0 Å². The second-order valence-electron chi connectivity index (χ2n) is 5.13. The number of carbonyl (C=O) groups is 1. The molecule has 1 aromatic heterocycles. The van der Waals surface area contributed by atoms with Gasteiger partial charge >= 0.3 is 5.97 Å². The van der Waals surface area contributed by atoms with Crippen LogP contribution in [-0.4, -0.2) is 26.5 Å². The molecule has 0 spiro atoms. The first-order valence-corrected chi connectivity index (χ1v) is 8.63. The molecular weight excluding hydrogens is 328 g/mol. The molecule has 2 aromatic rings. The minimum Gasteiger partial charge on any atom is -0.465 e.